The van der Waals surface area contributed by atoms with E-state index < -0.39 is 5.97 Å². The molecule has 2 N–H and O–H groups in total. The molecule has 2 rings (SSSR count). The van der Waals surface area contributed by atoms with Gasteiger partial charge in [0.05, 0.1) is 12.1 Å². The number of anilines is 1. The summed E-state index contributed by atoms with van der Waals surface area (Å²) < 4.78 is 1.92. The highest BCUT2D eigenvalue weighted by Crippen LogP contribution is 2.11. The van der Waals surface area contributed by atoms with Crippen LogP contribution < -0.4 is 5.32 Å². The summed E-state index contributed by atoms with van der Waals surface area (Å²) in [5.41, 5.74) is 1.01. The third-order valence-electron chi connectivity index (χ3n) is 2.60. The van der Waals surface area contributed by atoms with Gasteiger partial charge in [-0.05, 0) is 25.1 Å². The van der Waals surface area contributed by atoms with Crippen molar-refractivity contribution in [3.05, 3.63) is 42.0 Å². The predicted molar refractivity (Wildman–Crippen MR) is 66.4 cm³/mol. The summed E-state index contributed by atoms with van der Waals surface area (Å²) in [6.07, 6.45) is 1.67. The average Bonchev–Trinajstić information content (AvgIpc) is 2.84. The minimum absolute atomic E-state index is 0.261. The van der Waals surface area contributed by atoms with Crippen LogP contribution in [0.4, 0.5) is 5.69 Å². The van der Waals surface area contributed by atoms with E-state index in [1.165, 1.54) is 0 Å². The summed E-state index contributed by atoms with van der Waals surface area (Å²) in [6.45, 7) is 3.33. The standard InChI is InChI=1S/C12H14N4O2/c1-2-16-8-14-15-11(16)7-13-10-5-3-4-9(6-10)12(17)18/h3-6,8,13H,2,7H2,1H3,(H,17,18). The summed E-state index contributed by atoms with van der Waals surface area (Å²) >= 11 is 0. The molecule has 0 saturated heterocycles. The Labute approximate surface area is 104 Å². The first-order valence-electron chi connectivity index (χ1n) is 5.64. The van der Waals surface area contributed by atoms with Gasteiger partial charge in [0.15, 0.2) is 5.82 Å². The number of rotatable bonds is 5. The Balaban J connectivity index is 2.06. The molecular formula is C12H14N4O2. The summed E-state index contributed by atoms with van der Waals surface area (Å²) in [5, 5.41) is 19.8. The topological polar surface area (TPSA) is 80.0 Å². The van der Waals surface area contributed by atoms with E-state index in [9.17, 15) is 4.79 Å². The molecule has 0 amide bonds. The van der Waals surface area contributed by atoms with E-state index in [-0.39, 0.29) is 5.56 Å². The van der Waals surface area contributed by atoms with Crippen molar-refractivity contribution in [3.8, 4) is 0 Å². The van der Waals surface area contributed by atoms with Crippen LogP contribution in [0.5, 0.6) is 0 Å². The Morgan fingerprint density at radius 1 is 1.50 bits per heavy atom. The molecule has 1 heterocycles. The average molecular weight is 246 g/mol. The van der Waals surface area contributed by atoms with Crippen LogP contribution >= 0.6 is 0 Å². The number of benzene rings is 1. The van der Waals surface area contributed by atoms with Gasteiger partial charge in [0.25, 0.3) is 0 Å². The van der Waals surface area contributed by atoms with Gasteiger partial charge < -0.3 is 15.0 Å². The fraction of sp³-hybridized carbons (Fsp3) is 0.250. The second-order valence-corrected chi connectivity index (χ2v) is 3.77. The lowest BCUT2D eigenvalue weighted by atomic mass is 10.2. The summed E-state index contributed by atoms with van der Waals surface area (Å²) in [6, 6.07) is 6.67. The van der Waals surface area contributed by atoms with Crippen molar-refractivity contribution in [2.75, 3.05) is 5.32 Å². The zero-order valence-electron chi connectivity index (χ0n) is 10.00. The molecule has 0 spiro atoms. The first kappa shape index (κ1) is 12.1. The van der Waals surface area contributed by atoms with Gasteiger partial charge in [-0.1, -0.05) is 6.07 Å². The Morgan fingerprint density at radius 2 is 2.33 bits per heavy atom. The maximum atomic E-state index is 10.8. The van der Waals surface area contributed by atoms with E-state index in [4.69, 9.17) is 5.11 Å². The number of nitrogens with one attached hydrogen (secondary N) is 1. The Morgan fingerprint density at radius 3 is 3.06 bits per heavy atom. The van der Waals surface area contributed by atoms with E-state index in [1.54, 1.807) is 24.5 Å². The maximum Gasteiger partial charge on any atom is 0.335 e. The van der Waals surface area contributed by atoms with Crippen molar-refractivity contribution in [2.24, 2.45) is 0 Å². The van der Waals surface area contributed by atoms with Gasteiger partial charge in [0.2, 0.25) is 0 Å². The Bertz CT molecular complexity index is 551. The van der Waals surface area contributed by atoms with Crippen LogP contribution in [0.2, 0.25) is 0 Å². The van der Waals surface area contributed by atoms with Gasteiger partial charge in [0, 0.05) is 12.2 Å². The van der Waals surface area contributed by atoms with Crippen LogP contribution in [0.25, 0.3) is 0 Å². The number of carbonyl (C=O) groups is 1. The van der Waals surface area contributed by atoms with Crippen molar-refractivity contribution < 1.29 is 9.90 Å². The summed E-state index contributed by atoms with van der Waals surface area (Å²) in [7, 11) is 0. The number of aryl methyl sites for hydroxylation is 1. The van der Waals surface area contributed by atoms with Crippen molar-refractivity contribution in [1.82, 2.24) is 14.8 Å². The zero-order chi connectivity index (χ0) is 13.0. The highest BCUT2D eigenvalue weighted by atomic mass is 16.4. The number of aromatic carboxylic acids is 1. The second kappa shape index (κ2) is 5.31. The monoisotopic (exact) mass is 246 g/mol. The van der Waals surface area contributed by atoms with Gasteiger partial charge in [0.1, 0.15) is 6.33 Å². The van der Waals surface area contributed by atoms with E-state index in [1.807, 2.05) is 17.6 Å². The van der Waals surface area contributed by atoms with Crippen LogP contribution in [0.3, 0.4) is 0 Å². The molecule has 0 saturated carbocycles. The first-order chi connectivity index (χ1) is 8.70. The first-order valence-corrected chi connectivity index (χ1v) is 5.64. The predicted octanol–water partition coefficient (Wildman–Crippen LogP) is 1.61. The molecule has 18 heavy (non-hydrogen) atoms. The van der Waals surface area contributed by atoms with Crippen molar-refractivity contribution >= 4 is 11.7 Å². The van der Waals surface area contributed by atoms with Gasteiger partial charge >= 0.3 is 5.97 Å². The van der Waals surface area contributed by atoms with Crippen LogP contribution in [-0.2, 0) is 13.1 Å². The number of aromatic nitrogens is 3. The fourth-order valence-electron chi connectivity index (χ4n) is 1.62. The molecule has 6 nitrogen and oxygen atoms in total. The molecule has 0 aliphatic carbocycles. The molecule has 2 aromatic rings. The Hall–Kier alpha value is -2.37. The second-order valence-electron chi connectivity index (χ2n) is 3.77. The molecule has 0 atom stereocenters. The number of carboxylic acid groups (broad SMARTS) is 1. The lowest BCUT2D eigenvalue weighted by Gasteiger charge is -2.07. The number of hydrogen-bond donors (Lipinski definition) is 2. The van der Waals surface area contributed by atoms with Gasteiger partial charge in [-0.25, -0.2) is 4.79 Å². The van der Waals surface area contributed by atoms with Crippen LogP contribution in [0.15, 0.2) is 30.6 Å². The van der Waals surface area contributed by atoms with Gasteiger partial charge in [-0.2, -0.15) is 0 Å². The third kappa shape index (κ3) is 2.65. The molecule has 1 aromatic carbocycles. The molecule has 0 radical (unpaired) electrons. The summed E-state index contributed by atoms with van der Waals surface area (Å²) in [5.74, 6) is -0.117. The van der Waals surface area contributed by atoms with Crippen molar-refractivity contribution in [2.45, 2.75) is 20.0 Å². The molecule has 0 unspecified atom stereocenters. The number of nitrogens with zero attached hydrogens (tertiary/aromatic N) is 3. The van der Waals surface area contributed by atoms with Crippen LogP contribution in [0, 0.1) is 0 Å². The molecular weight excluding hydrogens is 232 g/mol. The molecule has 0 fully saturated rings. The SMILES string of the molecule is CCn1cnnc1CNc1cccc(C(=O)O)c1. The van der Waals surface area contributed by atoms with E-state index in [0.717, 1.165) is 18.1 Å². The Kier molecular flexibility index (Phi) is 3.57. The van der Waals surface area contributed by atoms with Crippen molar-refractivity contribution in [1.29, 1.82) is 0 Å². The van der Waals surface area contributed by atoms with E-state index in [0.29, 0.717) is 6.54 Å². The molecule has 0 bridgehead atoms. The minimum atomic E-state index is -0.935. The quantitative estimate of drug-likeness (QED) is 0.837. The number of hydrogen-bond acceptors (Lipinski definition) is 4. The van der Waals surface area contributed by atoms with Gasteiger partial charge in [-0.15, -0.1) is 10.2 Å². The van der Waals surface area contributed by atoms with Crippen LogP contribution in [-0.4, -0.2) is 25.8 Å². The minimum Gasteiger partial charge on any atom is -0.478 e. The number of carboxylic acids is 1. The maximum absolute atomic E-state index is 10.8. The fourth-order valence-corrected chi connectivity index (χ4v) is 1.62. The van der Waals surface area contributed by atoms with Crippen LogP contribution in [0.1, 0.15) is 23.1 Å². The highest BCUT2D eigenvalue weighted by Gasteiger charge is 2.05. The smallest absolute Gasteiger partial charge is 0.335 e. The molecule has 94 valence electrons. The molecule has 0 aliphatic heterocycles. The lowest BCUT2D eigenvalue weighted by Crippen LogP contribution is -2.08. The van der Waals surface area contributed by atoms with E-state index in [2.05, 4.69) is 15.5 Å². The zero-order valence-corrected chi connectivity index (χ0v) is 10.00. The highest BCUT2D eigenvalue weighted by molar-refractivity contribution is 5.88. The molecule has 6 heteroatoms. The normalized spacial score (nSPS) is 10.3. The lowest BCUT2D eigenvalue weighted by molar-refractivity contribution is 0.0697. The van der Waals surface area contributed by atoms with Crippen molar-refractivity contribution in [3.63, 3.8) is 0 Å². The largest absolute Gasteiger partial charge is 0.478 e. The van der Waals surface area contributed by atoms with Gasteiger partial charge in [-0.3, -0.25) is 0 Å². The van der Waals surface area contributed by atoms with E-state index >= 15 is 0 Å². The molecule has 0 aliphatic rings. The molecule has 1 aromatic heterocycles. The summed E-state index contributed by atoms with van der Waals surface area (Å²) in [4.78, 5) is 10.8. The third-order valence-corrected chi connectivity index (χ3v) is 2.60.